The minimum absolute atomic E-state index is 0.911. The van der Waals surface area contributed by atoms with Crippen LogP contribution in [0.5, 0.6) is 0 Å². The Morgan fingerprint density at radius 2 is 2.22 bits per heavy atom. The lowest BCUT2D eigenvalue weighted by atomic mass is 9.74. The van der Waals surface area contributed by atoms with Gasteiger partial charge in [0.1, 0.15) is 0 Å². The molecule has 0 aromatic carbocycles. The first-order chi connectivity index (χ1) is 4.36. The highest BCUT2D eigenvalue weighted by Crippen LogP contribution is 2.32. The second kappa shape index (κ2) is 1.98. The van der Waals surface area contributed by atoms with Crippen molar-refractivity contribution in [2.45, 2.75) is 32.2 Å². The molecule has 1 aliphatic heterocycles. The maximum Gasteiger partial charge on any atom is 0.0110 e. The normalized spacial score (nSPS) is 49.7. The third-order valence-electron chi connectivity index (χ3n) is 2.90. The van der Waals surface area contributed by atoms with E-state index in [2.05, 4.69) is 12.2 Å². The molecule has 9 heavy (non-hydrogen) atoms. The summed E-state index contributed by atoms with van der Waals surface area (Å²) in [6.07, 6.45) is 4.40. The third-order valence-corrected chi connectivity index (χ3v) is 2.90. The highest BCUT2D eigenvalue weighted by Gasteiger charge is 2.34. The highest BCUT2D eigenvalue weighted by atomic mass is 15.0. The fraction of sp³-hybridized carbons (Fsp3) is 1.00. The molecule has 2 aliphatic rings. The zero-order valence-corrected chi connectivity index (χ0v) is 6.06. The Morgan fingerprint density at radius 3 is 2.67 bits per heavy atom. The topological polar surface area (TPSA) is 12.0 Å². The molecule has 3 unspecified atom stereocenters. The fourth-order valence-electron chi connectivity index (χ4n) is 2.08. The number of fused-ring (bicyclic) bond motifs is 1. The number of hydrogen-bond acceptors (Lipinski definition) is 1. The zero-order valence-electron chi connectivity index (χ0n) is 6.06. The molecule has 0 amide bonds. The monoisotopic (exact) mass is 125 g/mol. The summed E-state index contributed by atoms with van der Waals surface area (Å²) in [5, 5.41) is 3.48. The molecule has 0 bridgehead atoms. The predicted molar refractivity (Wildman–Crippen MR) is 38.3 cm³/mol. The van der Waals surface area contributed by atoms with Gasteiger partial charge in [-0.2, -0.15) is 0 Å². The largest absolute Gasteiger partial charge is 0.313 e. The second-order valence-corrected chi connectivity index (χ2v) is 3.69. The van der Waals surface area contributed by atoms with Gasteiger partial charge in [0.15, 0.2) is 0 Å². The van der Waals surface area contributed by atoms with E-state index in [0.717, 1.165) is 17.9 Å². The summed E-state index contributed by atoms with van der Waals surface area (Å²) in [5.74, 6) is 2.04. The molecular weight excluding hydrogens is 110 g/mol. The van der Waals surface area contributed by atoms with Gasteiger partial charge in [-0.1, -0.05) is 13.3 Å². The van der Waals surface area contributed by atoms with E-state index in [9.17, 15) is 0 Å². The average Bonchev–Trinajstić information content (AvgIpc) is 1.78. The van der Waals surface area contributed by atoms with Crippen molar-refractivity contribution in [1.82, 2.24) is 5.32 Å². The van der Waals surface area contributed by atoms with Crippen LogP contribution in [0.2, 0.25) is 0 Å². The van der Waals surface area contributed by atoms with Crippen LogP contribution in [0.15, 0.2) is 0 Å². The molecule has 1 saturated carbocycles. The molecule has 1 nitrogen and oxygen atoms in total. The first-order valence-corrected chi connectivity index (χ1v) is 4.09. The van der Waals surface area contributed by atoms with Crippen molar-refractivity contribution in [3.63, 3.8) is 0 Å². The number of rotatable bonds is 0. The van der Waals surface area contributed by atoms with Crippen molar-refractivity contribution < 1.29 is 0 Å². The third kappa shape index (κ3) is 0.877. The Balaban J connectivity index is 1.92. The SMILES string of the molecule is CC1CCC2CNC2C1. The van der Waals surface area contributed by atoms with Crippen LogP contribution >= 0.6 is 0 Å². The molecule has 0 aromatic heterocycles. The van der Waals surface area contributed by atoms with Crippen molar-refractivity contribution in [3.05, 3.63) is 0 Å². The van der Waals surface area contributed by atoms with Crippen LogP contribution < -0.4 is 5.32 Å². The van der Waals surface area contributed by atoms with Gasteiger partial charge in [-0.05, 0) is 31.2 Å². The van der Waals surface area contributed by atoms with E-state index in [1.54, 1.807) is 0 Å². The summed E-state index contributed by atoms with van der Waals surface area (Å²) in [4.78, 5) is 0. The van der Waals surface area contributed by atoms with Crippen LogP contribution in [0.4, 0.5) is 0 Å². The van der Waals surface area contributed by atoms with Crippen molar-refractivity contribution in [1.29, 1.82) is 0 Å². The van der Waals surface area contributed by atoms with Gasteiger partial charge in [0.05, 0.1) is 0 Å². The highest BCUT2D eigenvalue weighted by molar-refractivity contribution is 4.92. The van der Waals surface area contributed by atoms with Gasteiger partial charge in [0, 0.05) is 6.04 Å². The van der Waals surface area contributed by atoms with Gasteiger partial charge >= 0.3 is 0 Å². The molecule has 1 N–H and O–H groups in total. The lowest BCUT2D eigenvalue weighted by Crippen LogP contribution is -2.55. The molecule has 0 aromatic rings. The molecule has 3 atom stereocenters. The summed E-state index contributed by atoms with van der Waals surface area (Å²) in [6, 6.07) is 0.911. The molecular formula is C8H15N. The summed E-state index contributed by atoms with van der Waals surface area (Å²) in [7, 11) is 0. The minimum Gasteiger partial charge on any atom is -0.313 e. The molecule has 2 fully saturated rings. The molecule has 1 saturated heterocycles. The number of hydrogen-bond donors (Lipinski definition) is 1. The second-order valence-electron chi connectivity index (χ2n) is 3.69. The first kappa shape index (κ1) is 5.72. The van der Waals surface area contributed by atoms with Crippen LogP contribution in [0.1, 0.15) is 26.2 Å². The standard InChI is InChI=1S/C8H15N/c1-6-2-3-7-5-9-8(7)4-6/h6-9H,2-5H2,1H3. The zero-order chi connectivity index (χ0) is 6.27. The van der Waals surface area contributed by atoms with E-state index in [1.165, 1.54) is 25.8 Å². The lowest BCUT2D eigenvalue weighted by Gasteiger charge is -2.44. The van der Waals surface area contributed by atoms with Crippen LogP contribution in [-0.2, 0) is 0 Å². The van der Waals surface area contributed by atoms with Crippen LogP contribution in [-0.4, -0.2) is 12.6 Å². The molecule has 52 valence electrons. The minimum atomic E-state index is 0.911. The number of nitrogens with one attached hydrogen (secondary N) is 1. The van der Waals surface area contributed by atoms with Gasteiger partial charge in [-0.25, -0.2) is 0 Å². The van der Waals surface area contributed by atoms with E-state index in [4.69, 9.17) is 0 Å². The maximum absolute atomic E-state index is 3.48. The smallest absolute Gasteiger partial charge is 0.0110 e. The summed E-state index contributed by atoms with van der Waals surface area (Å²) in [6.45, 7) is 3.67. The van der Waals surface area contributed by atoms with Gasteiger partial charge in [0.2, 0.25) is 0 Å². The first-order valence-electron chi connectivity index (χ1n) is 4.09. The quantitative estimate of drug-likeness (QED) is 0.516. The molecule has 2 rings (SSSR count). The van der Waals surface area contributed by atoms with Crippen molar-refractivity contribution in [2.24, 2.45) is 11.8 Å². The van der Waals surface area contributed by atoms with E-state index in [1.807, 2.05) is 0 Å². The van der Waals surface area contributed by atoms with Crippen molar-refractivity contribution in [3.8, 4) is 0 Å². The Labute approximate surface area is 56.8 Å². The summed E-state index contributed by atoms with van der Waals surface area (Å²) >= 11 is 0. The van der Waals surface area contributed by atoms with Crippen LogP contribution in [0.3, 0.4) is 0 Å². The Kier molecular flexibility index (Phi) is 1.26. The molecule has 1 aliphatic carbocycles. The van der Waals surface area contributed by atoms with Crippen molar-refractivity contribution >= 4 is 0 Å². The van der Waals surface area contributed by atoms with E-state index >= 15 is 0 Å². The Hall–Kier alpha value is -0.0400. The van der Waals surface area contributed by atoms with Crippen molar-refractivity contribution in [2.75, 3.05) is 6.54 Å². The Bertz CT molecular complexity index is 111. The predicted octanol–water partition coefficient (Wildman–Crippen LogP) is 1.39. The Morgan fingerprint density at radius 1 is 1.33 bits per heavy atom. The van der Waals surface area contributed by atoms with E-state index in [0.29, 0.717) is 0 Å². The van der Waals surface area contributed by atoms with Gasteiger partial charge in [-0.3, -0.25) is 0 Å². The van der Waals surface area contributed by atoms with Crippen LogP contribution in [0.25, 0.3) is 0 Å². The fourth-order valence-corrected chi connectivity index (χ4v) is 2.08. The van der Waals surface area contributed by atoms with Gasteiger partial charge < -0.3 is 5.32 Å². The van der Waals surface area contributed by atoms with Gasteiger partial charge in [0.25, 0.3) is 0 Å². The molecule has 1 heterocycles. The maximum atomic E-state index is 3.48. The summed E-state index contributed by atoms with van der Waals surface area (Å²) < 4.78 is 0. The lowest BCUT2D eigenvalue weighted by molar-refractivity contribution is 0.133. The van der Waals surface area contributed by atoms with Gasteiger partial charge in [-0.15, -0.1) is 0 Å². The average molecular weight is 125 g/mol. The van der Waals surface area contributed by atoms with Crippen LogP contribution in [0, 0.1) is 11.8 Å². The van der Waals surface area contributed by atoms with E-state index < -0.39 is 0 Å². The molecule has 0 spiro atoms. The summed E-state index contributed by atoms with van der Waals surface area (Å²) in [5.41, 5.74) is 0. The molecule has 1 heteroatoms. The van der Waals surface area contributed by atoms with E-state index in [-0.39, 0.29) is 0 Å². The molecule has 0 radical (unpaired) electrons.